The van der Waals surface area contributed by atoms with Crippen LogP contribution in [0.15, 0.2) is 36.4 Å². The van der Waals surface area contributed by atoms with Crippen LogP contribution in [-0.2, 0) is 11.2 Å². The summed E-state index contributed by atoms with van der Waals surface area (Å²) in [7, 11) is 0. The summed E-state index contributed by atoms with van der Waals surface area (Å²) in [6, 6.07) is 8.47. The number of aryl methyl sites for hydroxylation is 1. The molecule has 0 aliphatic carbocycles. The maximum atomic E-state index is 5.98. The lowest BCUT2D eigenvalue weighted by Gasteiger charge is -2.13. The van der Waals surface area contributed by atoms with Gasteiger partial charge in [-0.2, -0.15) is 0 Å². The molecule has 1 unspecified atom stereocenters. The fourth-order valence-corrected chi connectivity index (χ4v) is 2.98. The second kappa shape index (κ2) is 11.4. The standard InChI is InChI=1S/C23H36O2/c1-3-4-5-6-7-8-9-10-11-12-13-16-21-17-14-15-18-22(21)24-19-23(2)20-25-23/h5-6,14-15,17-18H,3-4,7-13,16,19-20H2,1-2H3/b6-5+. The van der Waals surface area contributed by atoms with Crippen LogP contribution in [-0.4, -0.2) is 18.8 Å². The van der Waals surface area contributed by atoms with Gasteiger partial charge in [-0.3, -0.25) is 0 Å². The molecule has 0 saturated carbocycles. The third-order valence-electron chi connectivity index (χ3n) is 4.83. The van der Waals surface area contributed by atoms with Crippen LogP contribution in [0.4, 0.5) is 0 Å². The Hall–Kier alpha value is -1.28. The average Bonchev–Trinajstić information content (AvgIpc) is 3.36. The number of hydrogen-bond donors (Lipinski definition) is 0. The smallest absolute Gasteiger partial charge is 0.123 e. The van der Waals surface area contributed by atoms with Crippen molar-refractivity contribution in [3.63, 3.8) is 0 Å². The molecule has 2 nitrogen and oxygen atoms in total. The zero-order valence-corrected chi connectivity index (χ0v) is 16.3. The van der Waals surface area contributed by atoms with E-state index in [2.05, 4.69) is 50.3 Å². The molecule has 1 aliphatic heterocycles. The van der Waals surface area contributed by atoms with E-state index in [-0.39, 0.29) is 5.60 Å². The normalized spacial score (nSPS) is 19.4. The van der Waals surface area contributed by atoms with Crippen LogP contribution in [0.25, 0.3) is 0 Å². The zero-order valence-electron chi connectivity index (χ0n) is 16.3. The molecule has 0 bridgehead atoms. The van der Waals surface area contributed by atoms with E-state index >= 15 is 0 Å². The number of allylic oxidation sites excluding steroid dienone is 2. The summed E-state index contributed by atoms with van der Waals surface area (Å²) in [5, 5.41) is 0. The van der Waals surface area contributed by atoms with Crippen molar-refractivity contribution >= 4 is 0 Å². The number of rotatable bonds is 14. The van der Waals surface area contributed by atoms with Crippen LogP contribution in [0, 0.1) is 0 Å². The fraction of sp³-hybridized carbons (Fsp3) is 0.652. The second-order valence-corrected chi connectivity index (χ2v) is 7.56. The summed E-state index contributed by atoms with van der Waals surface area (Å²) in [4.78, 5) is 0. The van der Waals surface area contributed by atoms with E-state index < -0.39 is 0 Å². The number of benzene rings is 1. The predicted molar refractivity (Wildman–Crippen MR) is 106 cm³/mol. The Labute approximate surface area is 154 Å². The first-order valence-electron chi connectivity index (χ1n) is 10.2. The lowest BCUT2D eigenvalue weighted by Crippen LogP contribution is -2.17. The molecule has 1 atom stereocenters. The molecule has 1 aromatic carbocycles. The summed E-state index contributed by atoms with van der Waals surface area (Å²) >= 11 is 0. The first-order chi connectivity index (χ1) is 12.2. The fourth-order valence-electron chi connectivity index (χ4n) is 2.98. The SMILES string of the molecule is CCC/C=C/CCCCCCCCc1ccccc1OCC1(C)CO1. The molecule has 2 rings (SSSR count). The predicted octanol–water partition coefficient (Wildman–Crippen LogP) is 6.48. The highest BCUT2D eigenvalue weighted by Crippen LogP contribution is 2.28. The molecule has 0 radical (unpaired) electrons. The first-order valence-corrected chi connectivity index (χ1v) is 10.2. The number of unbranched alkanes of at least 4 members (excludes halogenated alkanes) is 7. The summed E-state index contributed by atoms with van der Waals surface area (Å²) in [6.45, 7) is 5.83. The lowest BCUT2D eigenvalue weighted by molar-refractivity contribution is 0.201. The van der Waals surface area contributed by atoms with Gasteiger partial charge in [-0.25, -0.2) is 0 Å². The third kappa shape index (κ3) is 8.58. The Bertz CT molecular complexity index is 503. The molecule has 0 amide bonds. The number of epoxide rings is 1. The highest BCUT2D eigenvalue weighted by Gasteiger charge is 2.40. The topological polar surface area (TPSA) is 21.8 Å². The molecule has 1 heterocycles. The quantitative estimate of drug-likeness (QED) is 0.219. The zero-order chi connectivity index (χ0) is 17.8. The Kier molecular flexibility index (Phi) is 9.10. The monoisotopic (exact) mass is 344 g/mol. The van der Waals surface area contributed by atoms with Crippen molar-refractivity contribution < 1.29 is 9.47 Å². The summed E-state index contributed by atoms with van der Waals surface area (Å²) < 4.78 is 11.4. The van der Waals surface area contributed by atoms with E-state index in [4.69, 9.17) is 9.47 Å². The second-order valence-electron chi connectivity index (χ2n) is 7.56. The van der Waals surface area contributed by atoms with Crippen molar-refractivity contribution in [2.75, 3.05) is 13.2 Å². The summed E-state index contributed by atoms with van der Waals surface area (Å²) in [5.41, 5.74) is 1.30. The van der Waals surface area contributed by atoms with E-state index in [9.17, 15) is 0 Å². The molecule has 1 aromatic rings. The van der Waals surface area contributed by atoms with Crippen molar-refractivity contribution in [3.05, 3.63) is 42.0 Å². The minimum atomic E-state index is -0.0428. The van der Waals surface area contributed by atoms with E-state index in [1.165, 1.54) is 63.4 Å². The third-order valence-corrected chi connectivity index (χ3v) is 4.83. The highest BCUT2D eigenvalue weighted by atomic mass is 16.6. The van der Waals surface area contributed by atoms with Gasteiger partial charge in [-0.1, -0.05) is 69.4 Å². The summed E-state index contributed by atoms with van der Waals surface area (Å²) in [5.74, 6) is 1.04. The highest BCUT2D eigenvalue weighted by molar-refractivity contribution is 5.33. The van der Waals surface area contributed by atoms with Gasteiger partial charge in [0.1, 0.15) is 18.0 Å². The van der Waals surface area contributed by atoms with Crippen molar-refractivity contribution in [1.82, 2.24) is 0 Å². The minimum absolute atomic E-state index is 0.0428. The number of hydrogen-bond acceptors (Lipinski definition) is 2. The molecule has 25 heavy (non-hydrogen) atoms. The number of ether oxygens (including phenoxy) is 2. The van der Waals surface area contributed by atoms with Crippen LogP contribution in [0.5, 0.6) is 5.75 Å². The molecule has 0 spiro atoms. The molecular formula is C23H36O2. The molecule has 1 saturated heterocycles. The van der Waals surface area contributed by atoms with Gasteiger partial charge in [-0.15, -0.1) is 0 Å². The minimum Gasteiger partial charge on any atom is -0.490 e. The van der Waals surface area contributed by atoms with Gasteiger partial charge in [0.15, 0.2) is 0 Å². The molecular weight excluding hydrogens is 308 g/mol. The Balaban J connectivity index is 1.53. The van der Waals surface area contributed by atoms with Crippen LogP contribution in [0.1, 0.15) is 77.2 Å². The van der Waals surface area contributed by atoms with E-state index in [1.807, 2.05) is 0 Å². The van der Waals surface area contributed by atoms with Crippen LogP contribution in [0.3, 0.4) is 0 Å². The number of para-hydroxylation sites is 1. The lowest BCUT2D eigenvalue weighted by atomic mass is 10.0. The van der Waals surface area contributed by atoms with Gasteiger partial charge >= 0.3 is 0 Å². The Morgan fingerprint density at radius 2 is 1.68 bits per heavy atom. The van der Waals surface area contributed by atoms with Crippen molar-refractivity contribution in [3.8, 4) is 5.75 Å². The molecule has 0 N–H and O–H groups in total. The maximum Gasteiger partial charge on any atom is 0.123 e. The molecule has 0 aromatic heterocycles. The summed E-state index contributed by atoms with van der Waals surface area (Å²) in [6.07, 6.45) is 17.6. The van der Waals surface area contributed by atoms with E-state index in [0.717, 1.165) is 18.8 Å². The van der Waals surface area contributed by atoms with Crippen LogP contribution in [0.2, 0.25) is 0 Å². The maximum absolute atomic E-state index is 5.98. The Morgan fingerprint density at radius 3 is 2.44 bits per heavy atom. The van der Waals surface area contributed by atoms with Gasteiger partial charge in [0, 0.05) is 0 Å². The van der Waals surface area contributed by atoms with Crippen molar-refractivity contribution in [2.24, 2.45) is 0 Å². The largest absolute Gasteiger partial charge is 0.490 e. The van der Waals surface area contributed by atoms with Gasteiger partial charge in [0.25, 0.3) is 0 Å². The van der Waals surface area contributed by atoms with Gasteiger partial charge in [-0.05, 0) is 50.7 Å². The molecule has 140 valence electrons. The Morgan fingerprint density at radius 1 is 1.00 bits per heavy atom. The molecule has 1 aliphatic rings. The van der Waals surface area contributed by atoms with E-state index in [0.29, 0.717) is 6.61 Å². The van der Waals surface area contributed by atoms with Gasteiger partial charge in [0.2, 0.25) is 0 Å². The first kappa shape index (κ1) is 20.0. The molecule has 1 fully saturated rings. The van der Waals surface area contributed by atoms with E-state index in [1.54, 1.807) is 0 Å². The molecule has 2 heteroatoms. The van der Waals surface area contributed by atoms with Crippen molar-refractivity contribution in [1.29, 1.82) is 0 Å². The van der Waals surface area contributed by atoms with Crippen LogP contribution >= 0.6 is 0 Å². The van der Waals surface area contributed by atoms with Gasteiger partial charge in [0.05, 0.1) is 6.61 Å². The average molecular weight is 345 g/mol. The van der Waals surface area contributed by atoms with Crippen LogP contribution < -0.4 is 4.74 Å². The van der Waals surface area contributed by atoms with Crippen molar-refractivity contribution in [2.45, 2.75) is 83.7 Å². The van der Waals surface area contributed by atoms with Gasteiger partial charge < -0.3 is 9.47 Å².